The van der Waals surface area contributed by atoms with Crippen molar-refractivity contribution in [2.24, 2.45) is 11.8 Å². The van der Waals surface area contributed by atoms with Crippen molar-refractivity contribution in [2.75, 3.05) is 46.0 Å². The summed E-state index contributed by atoms with van der Waals surface area (Å²) < 4.78 is 17.2. The van der Waals surface area contributed by atoms with Crippen LogP contribution in [0.2, 0.25) is 0 Å². The number of fused-ring (bicyclic) bond motifs is 1. The average molecular weight is 348 g/mol. The highest BCUT2D eigenvalue weighted by Gasteiger charge is 2.45. The number of amides is 1. The first-order chi connectivity index (χ1) is 12.2. The first-order valence-corrected chi connectivity index (χ1v) is 9.52. The summed E-state index contributed by atoms with van der Waals surface area (Å²) in [5.41, 5.74) is 0. The second-order valence-corrected chi connectivity index (χ2v) is 7.32. The van der Waals surface area contributed by atoms with Crippen LogP contribution in [0.15, 0.2) is 16.5 Å². The molecule has 1 amide bonds. The van der Waals surface area contributed by atoms with Gasteiger partial charge in [-0.05, 0) is 18.6 Å². The second-order valence-electron chi connectivity index (χ2n) is 7.32. The van der Waals surface area contributed by atoms with Crippen LogP contribution in [0, 0.1) is 11.8 Å². The topological polar surface area (TPSA) is 55.2 Å². The van der Waals surface area contributed by atoms with Crippen LogP contribution >= 0.6 is 0 Å². The molecule has 0 spiro atoms. The lowest BCUT2D eigenvalue weighted by atomic mass is 9.81. The van der Waals surface area contributed by atoms with Gasteiger partial charge in [0.15, 0.2) is 0 Å². The van der Waals surface area contributed by atoms with Crippen LogP contribution in [-0.2, 0) is 27.2 Å². The number of piperidine rings is 1. The van der Waals surface area contributed by atoms with E-state index in [9.17, 15) is 4.79 Å². The lowest BCUT2D eigenvalue weighted by Crippen LogP contribution is -2.54. The number of ether oxygens (including phenoxy) is 2. The van der Waals surface area contributed by atoms with Gasteiger partial charge in [0.1, 0.15) is 11.5 Å². The van der Waals surface area contributed by atoms with Crippen LogP contribution in [0.1, 0.15) is 24.9 Å². The highest BCUT2D eigenvalue weighted by atomic mass is 16.5. The van der Waals surface area contributed by atoms with Gasteiger partial charge in [-0.1, -0.05) is 6.92 Å². The molecule has 1 aromatic heterocycles. The van der Waals surface area contributed by atoms with E-state index in [2.05, 4.69) is 17.9 Å². The molecule has 3 saturated heterocycles. The van der Waals surface area contributed by atoms with Crippen molar-refractivity contribution < 1.29 is 18.7 Å². The largest absolute Gasteiger partial charge is 0.465 e. The molecule has 0 radical (unpaired) electrons. The summed E-state index contributed by atoms with van der Waals surface area (Å²) >= 11 is 0. The summed E-state index contributed by atoms with van der Waals surface area (Å²) in [7, 11) is 0. The number of rotatable bonds is 4. The lowest BCUT2D eigenvalue weighted by Gasteiger charge is -2.41. The van der Waals surface area contributed by atoms with E-state index < -0.39 is 0 Å². The fourth-order valence-electron chi connectivity index (χ4n) is 4.38. The summed E-state index contributed by atoms with van der Waals surface area (Å²) in [6.07, 6.45) is 2.08. The fraction of sp³-hybridized carbons (Fsp3) is 0.737. The molecule has 138 valence electrons. The number of hydrogen-bond donors (Lipinski definition) is 0. The Balaban J connectivity index is 1.46. The molecule has 3 aliphatic heterocycles. The van der Waals surface area contributed by atoms with Gasteiger partial charge in [0.2, 0.25) is 5.91 Å². The van der Waals surface area contributed by atoms with Gasteiger partial charge in [-0.3, -0.25) is 9.69 Å². The molecule has 4 heterocycles. The predicted molar refractivity (Wildman–Crippen MR) is 92.1 cm³/mol. The van der Waals surface area contributed by atoms with E-state index in [0.29, 0.717) is 32.2 Å². The molecule has 1 aromatic rings. The monoisotopic (exact) mass is 348 g/mol. The Morgan fingerprint density at radius 2 is 1.96 bits per heavy atom. The summed E-state index contributed by atoms with van der Waals surface area (Å²) in [6, 6.07) is 4.10. The van der Waals surface area contributed by atoms with E-state index in [4.69, 9.17) is 13.9 Å². The van der Waals surface area contributed by atoms with Gasteiger partial charge < -0.3 is 18.8 Å². The molecular weight excluding hydrogens is 320 g/mol. The van der Waals surface area contributed by atoms with Crippen molar-refractivity contribution in [3.05, 3.63) is 23.7 Å². The zero-order valence-corrected chi connectivity index (χ0v) is 15.0. The fourth-order valence-corrected chi connectivity index (χ4v) is 4.38. The first kappa shape index (κ1) is 17.1. The zero-order chi connectivity index (χ0) is 17.2. The van der Waals surface area contributed by atoms with Gasteiger partial charge in [-0.2, -0.15) is 0 Å². The maximum absolute atomic E-state index is 13.1. The van der Waals surface area contributed by atoms with Crippen LogP contribution in [0.5, 0.6) is 0 Å². The van der Waals surface area contributed by atoms with Crippen molar-refractivity contribution in [2.45, 2.75) is 32.4 Å². The average Bonchev–Trinajstić information content (AvgIpc) is 3.30. The van der Waals surface area contributed by atoms with Gasteiger partial charge >= 0.3 is 0 Å². The van der Waals surface area contributed by atoms with E-state index in [1.54, 1.807) is 0 Å². The van der Waals surface area contributed by atoms with E-state index in [1.165, 1.54) is 0 Å². The molecule has 3 aliphatic rings. The molecular formula is C19H28N2O4. The molecule has 6 nitrogen and oxygen atoms in total. The van der Waals surface area contributed by atoms with Crippen molar-refractivity contribution in [1.29, 1.82) is 0 Å². The Hall–Kier alpha value is -1.37. The third kappa shape index (κ3) is 3.61. The third-order valence-electron chi connectivity index (χ3n) is 5.76. The number of carbonyl (C=O) groups is 1. The van der Waals surface area contributed by atoms with Gasteiger partial charge in [-0.15, -0.1) is 0 Å². The van der Waals surface area contributed by atoms with E-state index in [-0.39, 0.29) is 17.9 Å². The van der Waals surface area contributed by atoms with Crippen LogP contribution in [0.4, 0.5) is 0 Å². The number of aryl methyl sites for hydroxylation is 1. The number of hydrogen-bond acceptors (Lipinski definition) is 5. The van der Waals surface area contributed by atoms with Gasteiger partial charge in [0.25, 0.3) is 0 Å². The molecule has 25 heavy (non-hydrogen) atoms. The van der Waals surface area contributed by atoms with Crippen LogP contribution < -0.4 is 0 Å². The second kappa shape index (κ2) is 7.48. The number of furan rings is 1. The number of morpholine rings is 1. The number of carbonyl (C=O) groups excluding carboxylic acids is 1. The molecule has 0 N–H and O–H groups in total. The minimum atomic E-state index is 0.0277. The summed E-state index contributed by atoms with van der Waals surface area (Å²) in [4.78, 5) is 17.4. The Bertz CT molecular complexity index is 596. The van der Waals surface area contributed by atoms with Crippen molar-refractivity contribution >= 4 is 5.91 Å². The van der Waals surface area contributed by atoms with Gasteiger partial charge in [0, 0.05) is 45.1 Å². The number of likely N-dealkylation sites (tertiary alicyclic amines) is 1. The van der Waals surface area contributed by atoms with Crippen molar-refractivity contribution in [3.63, 3.8) is 0 Å². The molecule has 0 saturated carbocycles. The Morgan fingerprint density at radius 1 is 1.16 bits per heavy atom. The summed E-state index contributed by atoms with van der Waals surface area (Å²) in [5.74, 6) is 2.66. The van der Waals surface area contributed by atoms with Crippen molar-refractivity contribution in [3.8, 4) is 0 Å². The molecule has 0 aliphatic carbocycles. The molecule has 6 heteroatoms. The van der Waals surface area contributed by atoms with E-state index in [1.807, 2.05) is 11.0 Å². The van der Waals surface area contributed by atoms with Crippen molar-refractivity contribution in [1.82, 2.24) is 9.80 Å². The molecule has 3 fully saturated rings. The normalized spacial score (nSPS) is 30.4. The van der Waals surface area contributed by atoms with Crippen LogP contribution in [0.3, 0.4) is 0 Å². The molecule has 0 unspecified atom stereocenters. The number of nitrogens with zero attached hydrogens (tertiary/aromatic N) is 2. The minimum absolute atomic E-state index is 0.0277. The van der Waals surface area contributed by atoms with Crippen LogP contribution in [-0.4, -0.2) is 67.8 Å². The van der Waals surface area contributed by atoms with Gasteiger partial charge in [-0.25, -0.2) is 0 Å². The summed E-state index contributed by atoms with van der Waals surface area (Å²) in [5, 5.41) is 0. The molecule has 0 aromatic carbocycles. The summed E-state index contributed by atoms with van der Waals surface area (Å²) in [6.45, 7) is 8.03. The smallest absolute Gasteiger partial charge is 0.227 e. The lowest BCUT2D eigenvalue weighted by molar-refractivity contribution is -0.146. The standard InChI is InChI=1S/C19H28N2O4/c1-2-14-3-4-15(25-14)11-20-12-17(16-5-8-24-18(16)13-20)19(22)21-6-9-23-10-7-21/h3-4,16-18H,2,5-13H2,1H3/t16-,17-,18+/m0/s1. The third-order valence-corrected chi connectivity index (χ3v) is 5.76. The highest BCUT2D eigenvalue weighted by Crippen LogP contribution is 2.35. The highest BCUT2D eigenvalue weighted by molar-refractivity contribution is 5.79. The maximum Gasteiger partial charge on any atom is 0.227 e. The Morgan fingerprint density at radius 3 is 2.72 bits per heavy atom. The maximum atomic E-state index is 13.1. The van der Waals surface area contributed by atoms with Crippen LogP contribution in [0.25, 0.3) is 0 Å². The minimum Gasteiger partial charge on any atom is -0.465 e. The predicted octanol–water partition coefficient (Wildman–Crippen LogP) is 1.54. The van der Waals surface area contributed by atoms with E-state index >= 15 is 0 Å². The molecule has 4 rings (SSSR count). The van der Waals surface area contributed by atoms with E-state index in [0.717, 1.165) is 50.6 Å². The SMILES string of the molecule is CCc1ccc(CN2C[C@H](C(=O)N3CCOCC3)[C@@H]3CCO[C@@H]3C2)o1. The molecule has 3 atom stereocenters. The van der Waals surface area contributed by atoms with Gasteiger partial charge in [0.05, 0.1) is 31.8 Å². The quantitative estimate of drug-likeness (QED) is 0.826. The Kier molecular flexibility index (Phi) is 5.10. The Labute approximate surface area is 149 Å². The zero-order valence-electron chi connectivity index (χ0n) is 15.0. The first-order valence-electron chi connectivity index (χ1n) is 9.52. The molecule has 0 bridgehead atoms.